The van der Waals surface area contributed by atoms with Crippen molar-refractivity contribution < 1.29 is 14.3 Å². The van der Waals surface area contributed by atoms with E-state index in [1.165, 1.54) is 11.5 Å². The number of methoxy groups -OCH3 is 1. The van der Waals surface area contributed by atoms with E-state index in [-0.39, 0.29) is 0 Å². The Kier molecular flexibility index (Phi) is 4.31. The van der Waals surface area contributed by atoms with E-state index < -0.39 is 11.8 Å². The van der Waals surface area contributed by atoms with E-state index in [0.29, 0.717) is 22.6 Å². The number of benzene rings is 1. The standard InChI is InChI=1S/C13H13N3O3S/c1-8-11(7-20-16-8)13(18)15-14-12(17)9-3-5-10(19-2)6-4-9/h3-7H,1-2H3,(H,14,17)(H,15,18). The maximum Gasteiger partial charge on any atom is 0.272 e. The van der Waals surface area contributed by atoms with Gasteiger partial charge in [0.15, 0.2) is 0 Å². The third kappa shape index (κ3) is 3.12. The van der Waals surface area contributed by atoms with E-state index in [1.54, 1.807) is 43.7 Å². The zero-order chi connectivity index (χ0) is 14.5. The minimum Gasteiger partial charge on any atom is -0.497 e. The van der Waals surface area contributed by atoms with Crippen LogP contribution >= 0.6 is 11.5 Å². The Balaban J connectivity index is 1.95. The Morgan fingerprint density at radius 3 is 2.35 bits per heavy atom. The second-order valence-electron chi connectivity index (χ2n) is 3.95. The molecule has 1 aromatic heterocycles. The van der Waals surface area contributed by atoms with Gasteiger partial charge >= 0.3 is 0 Å². The molecule has 0 fully saturated rings. The minimum atomic E-state index is -0.401. The molecule has 0 atom stereocenters. The molecule has 0 radical (unpaired) electrons. The van der Waals surface area contributed by atoms with Crippen molar-refractivity contribution in [1.82, 2.24) is 15.2 Å². The number of carbonyl (C=O) groups excluding carboxylic acids is 2. The van der Waals surface area contributed by atoms with Gasteiger partial charge < -0.3 is 4.74 Å². The lowest BCUT2D eigenvalue weighted by atomic mass is 10.2. The molecule has 0 bridgehead atoms. The quantitative estimate of drug-likeness (QED) is 0.841. The van der Waals surface area contributed by atoms with E-state index in [4.69, 9.17) is 4.74 Å². The van der Waals surface area contributed by atoms with Crippen LogP contribution in [0, 0.1) is 6.92 Å². The highest BCUT2D eigenvalue weighted by molar-refractivity contribution is 7.03. The number of nitrogens with zero attached hydrogens (tertiary/aromatic N) is 1. The number of hydrogen-bond acceptors (Lipinski definition) is 5. The molecule has 7 heteroatoms. The summed E-state index contributed by atoms with van der Waals surface area (Å²) in [5.74, 6) is -0.134. The summed E-state index contributed by atoms with van der Waals surface area (Å²) in [6.07, 6.45) is 0. The number of hydrogen-bond donors (Lipinski definition) is 2. The summed E-state index contributed by atoms with van der Waals surface area (Å²) in [5.41, 5.74) is 6.20. The van der Waals surface area contributed by atoms with Crippen LogP contribution in [-0.4, -0.2) is 23.3 Å². The molecule has 0 aliphatic rings. The van der Waals surface area contributed by atoms with Crippen molar-refractivity contribution in [3.05, 3.63) is 46.5 Å². The second kappa shape index (κ2) is 6.16. The molecule has 0 aliphatic carbocycles. The Hall–Kier alpha value is -2.41. The topological polar surface area (TPSA) is 80.3 Å². The normalized spacial score (nSPS) is 9.90. The van der Waals surface area contributed by atoms with Gasteiger partial charge in [0.2, 0.25) is 0 Å². The molecule has 0 unspecified atom stereocenters. The summed E-state index contributed by atoms with van der Waals surface area (Å²) in [7, 11) is 1.55. The van der Waals surface area contributed by atoms with Crippen LogP contribution in [0.1, 0.15) is 26.4 Å². The fourth-order valence-electron chi connectivity index (χ4n) is 1.51. The highest BCUT2D eigenvalue weighted by atomic mass is 32.1. The fraction of sp³-hybridized carbons (Fsp3) is 0.154. The number of rotatable bonds is 3. The minimum absolute atomic E-state index is 0.391. The van der Waals surface area contributed by atoms with Crippen LogP contribution < -0.4 is 15.6 Å². The number of hydrazine groups is 1. The zero-order valence-corrected chi connectivity index (χ0v) is 11.8. The molecule has 104 valence electrons. The van der Waals surface area contributed by atoms with E-state index >= 15 is 0 Å². The first-order valence-electron chi connectivity index (χ1n) is 5.77. The highest BCUT2D eigenvalue weighted by Gasteiger charge is 2.12. The first kappa shape index (κ1) is 14.0. The third-order valence-corrected chi connectivity index (χ3v) is 3.36. The van der Waals surface area contributed by atoms with Gasteiger partial charge in [0, 0.05) is 10.9 Å². The molecule has 20 heavy (non-hydrogen) atoms. The molecule has 0 saturated heterocycles. The second-order valence-corrected chi connectivity index (χ2v) is 4.58. The number of carbonyl (C=O) groups is 2. The number of ether oxygens (including phenoxy) is 1. The molecule has 2 rings (SSSR count). The van der Waals surface area contributed by atoms with Crippen LogP contribution in [0.15, 0.2) is 29.6 Å². The lowest BCUT2D eigenvalue weighted by Crippen LogP contribution is -2.41. The van der Waals surface area contributed by atoms with E-state index in [2.05, 4.69) is 15.2 Å². The Labute approximate surface area is 119 Å². The van der Waals surface area contributed by atoms with Gasteiger partial charge in [-0.05, 0) is 42.7 Å². The van der Waals surface area contributed by atoms with Gasteiger partial charge in [0.25, 0.3) is 11.8 Å². The van der Waals surface area contributed by atoms with Crippen LogP contribution in [-0.2, 0) is 0 Å². The summed E-state index contributed by atoms with van der Waals surface area (Å²) < 4.78 is 9.00. The van der Waals surface area contributed by atoms with Crippen molar-refractivity contribution in [1.29, 1.82) is 0 Å². The number of amides is 2. The van der Waals surface area contributed by atoms with Crippen molar-refractivity contribution >= 4 is 23.3 Å². The van der Waals surface area contributed by atoms with E-state index in [9.17, 15) is 9.59 Å². The Morgan fingerprint density at radius 1 is 1.15 bits per heavy atom. The largest absolute Gasteiger partial charge is 0.497 e. The number of aromatic nitrogens is 1. The fourth-order valence-corrected chi connectivity index (χ4v) is 2.20. The Morgan fingerprint density at radius 2 is 1.80 bits per heavy atom. The molecule has 1 heterocycles. The molecule has 0 spiro atoms. The summed E-state index contributed by atoms with van der Waals surface area (Å²) >= 11 is 1.19. The van der Waals surface area contributed by atoms with Crippen molar-refractivity contribution in [2.45, 2.75) is 6.92 Å². The van der Waals surface area contributed by atoms with Crippen LogP contribution in [0.2, 0.25) is 0 Å². The summed E-state index contributed by atoms with van der Waals surface area (Å²) in [6.45, 7) is 1.73. The lowest BCUT2D eigenvalue weighted by Gasteiger charge is -2.07. The maximum absolute atomic E-state index is 11.8. The third-order valence-electron chi connectivity index (χ3n) is 2.64. The predicted octanol–water partition coefficient (Wildman–Crippen LogP) is 1.53. The van der Waals surface area contributed by atoms with Crippen molar-refractivity contribution in [2.75, 3.05) is 7.11 Å². The summed E-state index contributed by atoms with van der Waals surface area (Å²) in [4.78, 5) is 23.6. The van der Waals surface area contributed by atoms with Crippen LogP contribution in [0.3, 0.4) is 0 Å². The van der Waals surface area contributed by atoms with Gasteiger partial charge in [-0.1, -0.05) is 0 Å². The molecule has 6 nitrogen and oxygen atoms in total. The van der Waals surface area contributed by atoms with Crippen LogP contribution in [0.25, 0.3) is 0 Å². The first-order valence-corrected chi connectivity index (χ1v) is 6.61. The van der Waals surface area contributed by atoms with Crippen LogP contribution in [0.5, 0.6) is 5.75 Å². The maximum atomic E-state index is 11.8. The summed E-state index contributed by atoms with van der Waals surface area (Å²) in [5, 5.41) is 1.63. The molecular weight excluding hydrogens is 278 g/mol. The highest BCUT2D eigenvalue weighted by Crippen LogP contribution is 2.11. The molecule has 2 aromatic rings. The summed E-state index contributed by atoms with van der Waals surface area (Å²) in [6, 6.07) is 6.56. The van der Waals surface area contributed by atoms with Gasteiger partial charge in [0.05, 0.1) is 18.4 Å². The van der Waals surface area contributed by atoms with Crippen molar-refractivity contribution in [3.8, 4) is 5.75 Å². The number of aryl methyl sites for hydroxylation is 1. The molecule has 2 amide bonds. The average Bonchev–Trinajstić information content (AvgIpc) is 2.90. The monoisotopic (exact) mass is 291 g/mol. The number of nitrogens with one attached hydrogen (secondary N) is 2. The first-order chi connectivity index (χ1) is 9.61. The van der Waals surface area contributed by atoms with Gasteiger partial charge in [0.1, 0.15) is 5.75 Å². The van der Waals surface area contributed by atoms with Crippen molar-refractivity contribution in [3.63, 3.8) is 0 Å². The van der Waals surface area contributed by atoms with Gasteiger partial charge in [-0.2, -0.15) is 4.37 Å². The van der Waals surface area contributed by atoms with Crippen LogP contribution in [0.4, 0.5) is 0 Å². The van der Waals surface area contributed by atoms with Gasteiger partial charge in [-0.3, -0.25) is 20.4 Å². The van der Waals surface area contributed by atoms with Gasteiger partial charge in [-0.15, -0.1) is 0 Å². The van der Waals surface area contributed by atoms with Crippen molar-refractivity contribution in [2.24, 2.45) is 0 Å². The molecule has 2 N–H and O–H groups in total. The van der Waals surface area contributed by atoms with E-state index in [0.717, 1.165) is 0 Å². The molecule has 0 aliphatic heterocycles. The smallest absolute Gasteiger partial charge is 0.272 e. The molecular formula is C13H13N3O3S. The van der Waals surface area contributed by atoms with E-state index in [1.807, 2.05) is 0 Å². The molecule has 1 aromatic carbocycles. The average molecular weight is 291 g/mol. The Bertz CT molecular complexity index is 622. The zero-order valence-electron chi connectivity index (χ0n) is 11.0. The lowest BCUT2D eigenvalue weighted by molar-refractivity contribution is 0.0846. The van der Waals surface area contributed by atoms with Gasteiger partial charge in [-0.25, -0.2) is 0 Å². The SMILES string of the molecule is COc1ccc(C(=O)NNC(=O)c2csnc2C)cc1. The predicted molar refractivity (Wildman–Crippen MR) is 74.8 cm³/mol. The molecule has 0 saturated carbocycles.